The molecule has 3 rings (SSSR count). The largest absolute Gasteiger partial charge is 0.457 e. The Kier molecular flexibility index (Phi) is 5.25. The highest BCUT2D eigenvalue weighted by Crippen LogP contribution is 2.30. The van der Waals surface area contributed by atoms with E-state index in [0.717, 1.165) is 5.56 Å². The van der Waals surface area contributed by atoms with Gasteiger partial charge in [0.1, 0.15) is 17.1 Å². The molecule has 1 aromatic heterocycles. The van der Waals surface area contributed by atoms with Crippen LogP contribution in [0.15, 0.2) is 46.4 Å². The molecule has 0 radical (unpaired) electrons. The second kappa shape index (κ2) is 7.43. The van der Waals surface area contributed by atoms with Crippen LogP contribution >= 0.6 is 23.8 Å². The quantitative estimate of drug-likeness (QED) is 0.451. The van der Waals surface area contributed by atoms with E-state index in [4.69, 9.17) is 28.2 Å². The maximum atomic E-state index is 12.6. The minimum absolute atomic E-state index is 0.0300. The fourth-order valence-electron chi connectivity index (χ4n) is 2.76. The number of hydrogen-bond donors (Lipinski definition) is 0. The minimum atomic E-state index is -0.414. The van der Waals surface area contributed by atoms with Crippen LogP contribution in [0, 0.1) is 0 Å². The number of thiocarbonyl (C=S) groups is 1. The van der Waals surface area contributed by atoms with Crippen molar-refractivity contribution in [3.05, 3.63) is 52.8 Å². The molecule has 1 aromatic carbocycles. The summed E-state index contributed by atoms with van der Waals surface area (Å²) in [6.45, 7) is 4.41. The molecule has 1 saturated heterocycles. The molecule has 2 heterocycles. The first-order chi connectivity index (χ1) is 12.5. The van der Waals surface area contributed by atoms with Gasteiger partial charge in [-0.1, -0.05) is 23.7 Å². The number of rotatable bonds is 4. The first-order valence-electron chi connectivity index (χ1n) is 8.22. The van der Waals surface area contributed by atoms with E-state index in [1.54, 1.807) is 18.2 Å². The molecule has 0 aliphatic carbocycles. The van der Waals surface area contributed by atoms with Gasteiger partial charge in [-0.05, 0) is 56.4 Å². The molecule has 1 fully saturated rings. The van der Waals surface area contributed by atoms with E-state index in [1.165, 1.54) is 15.9 Å². The number of carbonyl (C=O) groups is 2. The first kappa shape index (κ1) is 18.4. The fraction of sp³-hybridized carbons (Fsp3) is 0.211. The number of benzene rings is 1. The molecule has 26 heavy (non-hydrogen) atoms. The van der Waals surface area contributed by atoms with Gasteiger partial charge in [-0.2, -0.15) is 0 Å². The average Bonchev–Trinajstić information content (AvgIpc) is 3.08. The van der Waals surface area contributed by atoms with Crippen molar-refractivity contribution in [1.82, 2.24) is 9.80 Å². The van der Waals surface area contributed by atoms with E-state index in [0.29, 0.717) is 29.6 Å². The monoisotopic (exact) mass is 388 g/mol. The standard InChI is InChI=1S/C19H17ClN2O3S/c1-3-21-17(23)14(18(24)22(4-2)19(21)26)11-12-9-10-16(25-12)13-7-5-6-8-15(13)20/h5-11H,3-4H2,1-2H3. The highest BCUT2D eigenvalue weighted by atomic mass is 35.5. The van der Waals surface area contributed by atoms with Gasteiger partial charge in [0.25, 0.3) is 11.8 Å². The maximum absolute atomic E-state index is 12.6. The van der Waals surface area contributed by atoms with Crippen LogP contribution in [0.25, 0.3) is 17.4 Å². The Hall–Kier alpha value is -2.44. The van der Waals surface area contributed by atoms with Gasteiger partial charge in [0.15, 0.2) is 5.11 Å². The van der Waals surface area contributed by atoms with Crippen LogP contribution in [0.3, 0.4) is 0 Å². The van der Waals surface area contributed by atoms with Crippen molar-refractivity contribution in [2.75, 3.05) is 13.1 Å². The van der Waals surface area contributed by atoms with Crippen LogP contribution < -0.4 is 0 Å². The number of amides is 2. The lowest BCUT2D eigenvalue weighted by Gasteiger charge is -2.35. The zero-order valence-corrected chi connectivity index (χ0v) is 15.9. The summed E-state index contributed by atoms with van der Waals surface area (Å²) in [4.78, 5) is 28.1. The van der Waals surface area contributed by atoms with Crippen molar-refractivity contribution in [2.45, 2.75) is 13.8 Å². The first-order valence-corrected chi connectivity index (χ1v) is 9.00. The summed E-state index contributed by atoms with van der Waals surface area (Å²) in [5.74, 6) is 0.135. The van der Waals surface area contributed by atoms with E-state index in [2.05, 4.69) is 0 Å². The molecule has 0 atom stereocenters. The summed E-state index contributed by atoms with van der Waals surface area (Å²) in [6.07, 6.45) is 1.46. The second-order valence-corrected chi connectivity index (χ2v) is 6.39. The molecule has 0 N–H and O–H groups in total. The summed E-state index contributed by atoms with van der Waals surface area (Å²) in [5, 5.41) is 0.795. The SMILES string of the molecule is CCN1C(=O)C(=Cc2ccc(-c3ccccc3Cl)o2)C(=O)N(CC)C1=S. The topological polar surface area (TPSA) is 53.8 Å². The van der Waals surface area contributed by atoms with Crippen LogP contribution in [-0.4, -0.2) is 39.8 Å². The van der Waals surface area contributed by atoms with Gasteiger partial charge in [-0.15, -0.1) is 0 Å². The van der Waals surface area contributed by atoms with Crippen molar-refractivity contribution in [3.8, 4) is 11.3 Å². The van der Waals surface area contributed by atoms with Crippen LogP contribution in [-0.2, 0) is 9.59 Å². The van der Waals surface area contributed by atoms with Gasteiger partial charge in [0.2, 0.25) is 0 Å². The van der Waals surface area contributed by atoms with Crippen molar-refractivity contribution in [2.24, 2.45) is 0 Å². The Balaban J connectivity index is 1.99. The molecule has 1 aliphatic heterocycles. The lowest BCUT2D eigenvalue weighted by Crippen LogP contribution is -2.55. The van der Waals surface area contributed by atoms with Crippen molar-refractivity contribution in [1.29, 1.82) is 0 Å². The van der Waals surface area contributed by atoms with Gasteiger partial charge in [0.05, 0.1) is 5.02 Å². The van der Waals surface area contributed by atoms with Crippen molar-refractivity contribution >= 4 is 46.8 Å². The molecule has 0 bridgehead atoms. The predicted molar refractivity (Wildman–Crippen MR) is 105 cm³/mol. The molecule has 134 valence electrons. The molecule has 0 saturated carbocycles. The molecule has 5 nitrogen and oxygen atoms in total. The van der Waals surface area contributed by atoms with Crippen molar-refractivity contribution in [3.63, 3.8) is 0 Å². The van der Waals surface area contributed by atoms with Gasteiger partial charge >= 0.3 is 0 Å². The maximum Gasteiger partial charge on any atom is 0.265 e. The van der Waals surface area contributed by atoms with Crippen LogP contribution in [0.2, 0.25) is 5.02 Å². The zero-order chi connectivity index (χ0) is 18.8. The van der Waals surface area contributed by atoms with Gasteiger partial charge in [0, 0.05) is 18.7 Å². The number of carbonyl (C=O) groups excluding carboxylic acids is 2. The molecule has 7 heteroatoms. The Morgan fingerprint density at radius 2 is 1.65 bits per heavy atom. The highest BCUT2D eigenvalue weighted by Gasteiger charge is 2.38. The van der Waals surface area contributed by atoms with Crippen LogP contribution in [0.1, 0.15) is 19.6 Å². The zero-order valence-electron chi connectivity index (χ0n) is 14.4. The molecule has 2 amide bonds. The Morgan fingerprint density at radius 1 is 1.04 bits per heavy atom. The Bertz CT molecular complexity index is 891. The highest BCUT2D eigenvalue weighted by molar-refractivity contribution is 7.80. The minimum Gasteiger partial charge on any atom is -0.457 e. The summed E-state index contributed by atoms with van der Waals surface area (Å²) in [7, 11) is 0. The van der Waals surface area contributed by atoms with E-state index in [1.807, 2.05) is 32.0 Å². The van der Waals surface area contributed by atoms with Crippen LogP contribution in [0.4, 0.5) is 0 Å². The smallest absolute Gasteiger partial charge is 0.265 e. The third-order valence-corrected chi connectivity index (χ3v) is 4.87. The predicted octanol–water partition coefficient (Wildman–Crippen LogP) is 3.98. The third-order valence-electron chi connectivity index (χ3n) is 4.10. The number of nitrogens with zero attached hydrogens (tertiary/aromatic N) is 2. The molecular formula is C19H17ClN2O3S. The lowest BCUT2D eigenvalue weighted by molar-refractivity contribution is -0.133. The van der Waals surface area contributed by atoms with E-state index < -0.39 is 11.8 Å². The Morgan fingerprint density at radius 3 is 2.23 bits per heavy atom. The third kappa shape index (κ3) is 3.18. The Labute approximate surface area is 161 Å². The van der Waals surface area contributed by atoms with Gasteiger partial charge in [-0.3, -0.25) is 19.4 Å². The number of likely N-dealkylation sites (N-methyl/N-ethyl adjacent to an activating group) is 2. The summed E-state index contributed by atoms with van der Waals surface area (Å²) >= 11 is 11.4. The number of halogens is 1. The number of hydrogen-bond acceptors (Lipinski definition) is 4. The second-order valence-electron chi connectivity index (χ2n) is 5.62. The van der Waals surface area contributed by atoms with Crippen LogP contribution in [0.5, 0.6) is 0 Å². The van der Waals surface area contributed by atoms with E-state index >= 15 is 0 Å². The summed E-state index contributed by atoms with van der Waals surface area (Å²) in [5.41, 5.74) is 0.772. The summed E-state index contributed by atoms with van der Waals surface area (Å²) in [6, 6.07) is 10.8. The summed E-state index contributed by atoms with van der Waals surface area (Å²) < 4.78 is 5.78. The molecule has 0 spiro atoms. The number of furan rings is 1. The molecular weight excluding hydrogens is 372 g/mol. The van der Waals surface area contributed by atoms with Crippen molar-refractivity contribution < 1.29 is 14.0 Å². The van der Waals surface area contributed by atoms with E-state index in [-0.39, 0.29) is 10.7 Å². The normalized spacial score (nSPS) is 15.0. The van der Waals surface area contributed by atoms with Gasteiger partial charge < -0.3 is 4.42 Å². The molecule has 1 aliphatic rings. The fourth-order valence-corrected chi connectivity index (χ4v) is 3.41. The van der Waals surface area contributed by atoms with E-state index in [9.17, 15) is 9.59 Å². The molecule has 0 unspecified atom stereocenters. The average molecular weight is 389 g/mol. The lowest BCUT2D eigenvalue weighted by atomic mass is 10.1. The van der Waals surface area contributed by atoms with Gasteiger partial charge in [-0.25, -0.2) is 0 Å². The molecule has 2 aromatic rings.